The van der Waals surface area contributed by atoms with Crippen molar-refractivity contribution >= 4 is 23.4 Å². The molecule has 2 rings (SSSR count). The van der Waals surface area contributed by atoms with Gasteiger partial charge in [-0.2, -0.15) is 11.8 Å². The summed E-state index contributed by atoms with van der Waals surface area (Å²) in [6, 6.07) is 3.86. The molecule has 1 aromatic rings. The minimum Gasteiger partial charge on any atom is -0.467 e. The topological polar surface area (TPSA) is 18.5 Å². The van der Waals surface area contributed by atoms with E-state index in [1.165, 1.54) is 0 Å². The van der Waals surface area contributed by atoms with Gasteiger partial charge in [-0.15, -0.1) is 0 Å². The van der Waals surface area contributed by atoms with Crippen LogP contribution >= 0.6 is 23.4 Å². The first-order valence-corrected chi connectivity index (χ1v) is 6.09. The van der Waals surface area contributed by atoms with Crippen LogP contribution in [0.3, 0.4) is 0 Å². The molecule has 76 valence electrons. The van der Waals surface area contributed by atoms with Crippen molar-refractivity contribution in [2.24, 2.45) is 0 Å². The molecule has 0 radical (unpaired) electrons. The largest absolute Gasteiger partial charge is 0.467 e. The number of ether oxygens (including phenoxy) is 2. The molecular weight excluding hydrogens is 220 g/mol. The van der Waals surface area contributed by atoms with E-state index in [2.05, 4.69) is 6.26 Å². The van der Waals surface area contributed by atoms with Crippen LogP contribution in [0.1, 0.15) is 11.1 Å². The lowest BCUT2D eigenvalue weighted by molar-refractivity contribution is -0.0168. The van der Waals surface area contributed by atoms with Gasteiger partial charge < -0.3 is 9.47 Å². The van der Waals surface area contributed by atoms with Crippen LogP contribution in [0.2, 0.25) is 5.02 Å². The SMILES string of the molecule is CSCc1cc(Cl)cc2c1OCOC2. The van der Waals surface area contributed by atoms with E-state index in [9.17, 15) is 0 Å². The van der Waals surface area contributed by atoms with Gasteiger partial charge in [-0.05, 0) is 18.4 Å². The Morgan fingerprint density at radius 2 is 2.36 bits per heavy atom. The van der Waals surface area contributed by atoms with E-state index >= 15 is 0 Å². The normalized spacial score (nSPS) is 14.7. The maximum absolute atomic E-state index is 6.00. The summed E-state index contributed by atoms with van der Waals surface area (Å²) >= 11 is 7.75. The summed E-state index contributed by atoms with van der Waals surface area (Å²) in [5, 5.41) is 0.752. The van der Waals surface area contributed by atoms with Crippen molar-refractivity contribution in [2.75, 3.05) is 13.0 Å². The fraction of sp³-hybridized carbons (Fsp3) is 0.400. The van der Waals surface area contributed by atoms with Crippen LogP contribution in [0.15, 0.2) is 12.1 Å². The minimum atomic E-state index is 0.343. The maximum atomic E-state index is 6.00. The summed E-state index contributed by atoms with van der Waals surface area (Å²) in [6.45, 7) is 0.938. The Bertz CT molecular complexity index is 341. The number of thioether (sulfide) groups is 1. The molecule has 4 heteroatoms. The van der Waals surface area contributed by atoms with Gasteiger partial charge in [-0.1, -0.05) is 11.6 Å². The smallest absolute Gasteiger partial charge is 0.189 e. The van der Waals surface area contributed by atoms with Crippen molar-refractivity contribution in [1.29, 1.82) is 0 Å². The van der Waals surface area contributed by atoms with Crippen LogP contribution in [0.4, 0.5) is 0 Å². The first-order valence-electron chi connectivity index (χ1n) is 4.32. The highest BCUT2D eigenvalue weighted by molar-refractivity contribution is 7.97. The van der Waals surface area contributed by atoms with E-state index < -0.39 is 0 Å². The summed E-state index contributed by atoms with van der Waals surface area (Å²) in [7, 11) is 0. The van der Waals surface area contributed by atoms with E-state index in [0.717, 1.165) is 27.7 Å². The zero-order valence-corrected chi connectivity index (χ0v) is 9.45. The molecule has 0 saturated heterocycles. The molecule has 0 bridgehead atoms. The number of hydrogen-bond acceptors (Lipinski definition) is 3. The van der Waals surface area contributed by atoms with E-state index in [4.69, 9.17) is 21.1 Å². The Labute approximate surface area is 92.5 Å². The van der Waals surface area contributed by atoms with Gasteiger partial charge in [0.05, 0.1) is 6.61 Å². The van der Waals surface area contributed by atoms with Crippen LogP contribution < -0.4 is 4.74 Å². The highest BCUT2D eigenvalue weighted by Gasteiger charge is 2.15. The minimum absolute atomic E-state index is 0.343. The number of rotatable bonds is 2. The van der Waals surface area contributed by atoms with Crippen LogP contribution in [0.5, 0.6) is 5.75 Å². The Morgan fingerprint density at radius 1 is 1.50 bits per heavy atom. The molecule has 0 aromatic heterocycles. The quantitative estimate of drug-likeness (QED) is 0.778. The van der Waals surface area contributed by atoms with Gasteiger partial charge in [-0.3, -0.25) is 0 Å². The standard InChI is InChI=1S/C10H11ClO2S/c1-14-5-8-3-9(11)2-7-4-12-6-13-10(7)8/h2-3H,4-6H2,1H3. The second-order valence-electron chi connectivity index (χ2n) is 3.10. The lowest BCUT2D eigenvalue weighted by atomic mass is 10.1. The summed E-state index contributed by atoms with van der Waals surface area (Å²) < 4.78 is 10.7. The lowest BCUT2D eigenvalue weighted by Crippen LogP contribution is -2.12. The molecule has 0 unspecified atom stereocenters. The Kier molecular flexibility index (Phi) is 3.21. The third-order valence-electron chi connectivity index (χ3n) is 2.05. The van der Waals surface area contributed by atoms with Crippen molar-refractivity contribution in [1.82, 2.24) is 0 Å². The molecule has 14 heavy (non-hydrogen) atoms. The summed E-state index contributed by atoms with van der Waals surface area (Å²) in [4.78, 5) is 0. The molecular formula is C10H11ClO2S. The van der Waals surface area contributed by atoms with Gasteiger partial charge in [0.15, 0.2) is 6.79 Å². The van der Waals surface area contributed by atoms with Gasteiger partial charge in [-0.25, -0.2) is 0 Å². The van der Waals surface area contributed by atoms with Crippen molar-refractivity contribution in [3.05, 3.63) is 28.3 Å². The highest BCUT2D eigenvalue weighted by Crippen LogP contribution is 2.33. The van der Waals surface area contributed by atoms with Gasteiger partial charge in [0, 0.05) is 21.9 Å². The maximum Gasteiger partial charge on any atom is 0.189 e. The monoisotopic (exact) mass is 230 g/mol. The predicted octanol–water partition coefficient (Wildman–Crippen LogP) is 3.07. The molecule has 0 atom stereocenters. The summed E-state index contributed by atoms with van der Waals surface area (Å²) in [5.74, 6) is 1.87. The summed E-state index contributed by atoms with van der Waals surface area (Å²) in [5.41, 5.74) is 2.20. The predicted molar refractivity (Wildman–Crippen MR) is 59.0 cm³/mol. The Morgan fingerprint density at radius 3 is 3.14 bits per heavy atom. The van der Waals surface area contributed by atoms with Crippen LogP contribution in [0.25, 0.3) is 0 Å². The fourth-order valence-corrected chi connectivity index (χ4v) is 2.31. The highest BCUT2D eigenvalue weighted by atomic mass is 35.5. The van der Waals surface area contributed by atoms with Gasteiger partial charge >= 0.3 is 0 Å². The second kappa shape index (κ2) is 4.43. The average molecular weight is 231 g/mol. The summed E-state index contributed by atoms with van der Waals surface area (Å²) in [6.07, 6.45) is 2.06. The second-order valence-corrected chi connectivity index (χ2v) is 4.40. The van der Waals surface area contributed by atoms with Crippen molar-refractivity contribution < 1.29 is 9.47 Å². The third-order valence-corrected chi connectivity index (χ3v) is 2.87. The lowest BCUT2D eigenvalue weighted by Gasteiger charge is -2.20. The van der Waals surface area contributed by atoms with Crippen LogP contribution in [-0.2, 0) is 17.1 Å². The number of benzene rings is 1. The van der Waals surface area contributed by atoms with E-state index in [1.54, 1.807) is 11.8 Å². The zero-order chi connectivity index (χ0) is 9.97. The van der Waals surface area contributed by atoms with Crippen molar-refractivity contribution in [2.45, 2.75) is 12.4 Å². The number of halogens is 1. The number of hydrogen-bond donors (Lipinski definition) is 0. The first-order chi connectivity index (χ1) is 6.81. The Hall–Kier alpha value is -0.380. The van der Waals surface area contributed by atoms with Gasteiger partial charge in [0.1, 0.15) is 5.75 Å². The number of fused-ring (bicyclic) bond motifs is 1. The van der Waals surface area contributed by atoms with Crippen molar-refractivity contribution in [3.8, 4) is 5.75 Å². The van der Waals surface area contributed by atoms with Crippen molar-refractivity contribution in [3.63, 3.8) is 0 Å². The van der Waals surface area contributed by atoms with Crippen LogP contribution in [0, 0.1) is 0 Å². The molecule has 2 nitrogen and oxygen atoms in total. The molecule has 1 heterocycles. The molecule has 1 aromatic carbocycles. The molecule has 0 N–H and O–H groups in total. The van der Waals surface area contributed by atoms with E-state index in [-0.39, 0.29) is 0 Å². The Balaban J connectivity index is 2.41. The molecule has 0 fully saturated rings. The average Bonchev–Trinajstić information content (AvgIpc) is 2.18. The molecule has 0 saturated carbocycles. The molecule has 0 spiro atoms. The van der Waals surface area contributed by atoms with Gasteiger partial charge in [0.25, 0.3) is 0 Å². The molecule has 1 aliphatic rings. The molecule has 1 aliphatic heterocycles. The third kappa shape index (κ3) is 2.00. The van der Waals surface area contributed by atoms with Crippen LogP contribution in [-0.4, -0.2) is 13.0 Å². The molecule has 0 aliphatic carbocycles. The first kappa shape index (κ1) is 10.1. The van der Waals surface area contributed by atoms with Gasteiger partial charge in [0.2, 0.25) is 0 Å². The fourth-order valence-electron chi connectivity index (χ4n) is 1.52. The van der Waals surface area contributed by atoms with E-state index in [0.29, 0.717) is 13.4 Å². The molecule has 0 amide bonds. The zero-order valence-electron chi connectivity index (χ0n) is 7.88. The van der Waals surface area contributed by atoms with E-state index in [1.807, 2.05) is 12.1 Å².